The van der Waals surface area contributed by atoms with Crippen molar-refractivity contribution < 1.29 is 0 Å². The van der Waals surface area contributed by atoms with Crippen LogP contribution in [0.2, 0.25) is 0 Å². The Kier molecular flexibility index (Phi) is 5.07. The van der Waals surface area contributed by atoms with E-state index in [4.69, 9.17) is 0 Å². The average molecular weight is 209 g/mol. The molecular formula is C12H23N3. The van der Waals surface area contributed by atoms with E-state index in [0.717, 1.165) is 38.9 Å². The van der Waals surface area contributed by atoms with Gasteiger partial charge in [-0.1, -0.05) is 13.8 Å². The molecule has 0 radical (unpaired) electrons. The first-order chi connectivity index (χ1) is 7.26. The van der Waals surface area contributed by atoms with Crippen molar-refractivity contribution in [1.82, 2.24) is 10.2 Å². The van der Waals surface area contributed by atoms with Crippen LogP contribution in [-0.4, -0.2) is 36.6 Å². The van der Waals surface area contributed by atoms with Crippen molar-refractivity contribution in [1.29, 1.82) is 5.26 Å². The van der Waals surface area contributed by atoms with Crippen LogP contribution in [0.25, 0.3) is 0 Å². The third kappa shape index (κ3) is 3.48. The van der Waals surface area contributed by atoms with E-state index >= 15 is 0 Å². The first kappa shape index (κ1) is 12.5. The lowest BCUT2D eigenvalue weighted by Gasteiger charge is -2.26. The molecule has 1 fully saturated rings. The van der Waals surface area contributed by atoms with E-state index in [1.54, 1.807) is 0 Å². The molecule has 1 unspecified atom stereocenters. The zero-order valence-corrected chi connectivity index (χ0v) is 10.1. The summed E-state index contributed by atoms with van der Waals surface area (Å²) in [7, 11) is 0. The number of rotatable bonds is 4. The highest BCUT2D eigenvalue weighted by Gasteiger charge is 2.31. The molecule has 1 aliphatic rings. The van der Waals surface area contributed by atoms with Gasteiger partial charge in [0.05, 0.1) is 6.07 Å². The number of hydrogen-bond acceptors (Lipinski definition) is 3. The molecule has 1 saturated heterocycles. The number of nitriles is 1. The standard InChI is InChI=1S/C12H23N3/c1-3-8-15-9-5-6-12(11-13,7-10-15)14-4-2/h14H,3-10H2,1-2H3. The molecule has 1 rings (SSSR count). The van der Waals surface area contributed by atoms with Crippen LogP contribution in [-0.2, 0) is 0 Å². The van der Waals surface area contributed by atoms with Crippen molar-refractivity contribution in [2.45, 2.75) is 45.1 Å². The highest BCUT2D eigenvalue weighted by Crippen LogP contribution is 2.21. The van der Waals surface area contributed by atoms with E-state index < -0.39 is 0 Å². The Balaban J connectivity index is 2.53. The molecule has 1 aliphatic heterocycles. The SMILES string of the molecule is CCCN1CCCC(C#N)(NCC)CC1. The molecule has 3 nitrogen and oxygen atoms in total. The van der Waals surface area contributed by atoms with Crippen LogP contribution in [0.3, 0.4) is 0 Å². The van der Waals surface area contributed by atoms with Crippen molar-refractivity contribution in [3.8, 4) is 6.07 Å². The van der Waals surface area contributed by atoms with Crippen molar-refractivity contribution in [2.75, 3.05) is 26.2 Å². The Bertz CT molecular complexity index is 221. The van der Waals surface area contributed by atoms with Gasteiger partial charge >= 0.3 is 0 Å². The summed E-state index contributed by atoms with van der Waals surface area (Å²) in [6.07, 6.45) is 4.32. The van der Waals surface area contributed by atoms with Gasteiger partial charge in [-0.3, -0.25) is 5.32 Å². The minimum Gasteiger partial charge on any atom is -0.303 e. The fraction of sp³-hybridized carbons (Fsp3) is 0.917. The van der Waals surface area contributed by atoms with Crippen molar-refractivity contribution >= 4 is 0 Å². The predicted octanol–water partition coefficient (Wildman–Crippen LogP) is 1.75. The lowest BCUT2D eigenvalue weighted by Crippen LogP contribution is -2.44. The lowest BCUT2D eigenvalue weighted by molar-refractivity contribution is 0.277. The van der Waals surface area contributed by atoms with Gasteiger partial charge in [0.25, 0.3) is 0 Å². The van der Waals surface area contributed by atoms with Gasteiger partial charge in [-0.15, -0.1) is 0 Å². The number of nitrogens with one attached hydrogen (secondary N) is 1. The van der Waals surface area contributed by atoms with Gasteiger partial charge in [0, 0.05) is 6.54 Å². The summed E-state index contributed by atoms with van der Waals surface area (Å²) in [4.78, 5) is 2.48. The summed E-state index contributed by atoms with van der Waals surface area (Å²) in [5, 5.41) is 12.6. The molecule has 86 valence electrons. The van der Waals surface area contributed by atoms with E-state index in [0.29, 0.717) is 0 Å². The topological polar surface area (TPSA) is 39.1 Å². The second-order valence-electron chi connectivity index (χ2n) is 4.42. The Morgan fingerprint density at radius 1 is 1.33 bits per heavy atom. The molecule has 1 N–H and O–H groups in total. The molecule has 0 saturated carbocycles. The van der Waals surface area contributed by atoms with Gasteiger partial charge in [-0.25, -0.2) is 0 Å². The zero-order chi connectivity index (χ0) is 11.1. The van der Waals surface area contributed by atoms with Crippen LogP contribution in [0.1, 0.15) is 39.5 Å². The van der Waals surface area contributed by atoms with Gasteiger partial charge in [0.1, 0.15) is 5.54 Å². The maximum Gasteiger partial charge on any atom is 0.108 e. The second-order valence-corrected chi connectivity index (χ2v) is 4.42. The van der Waals surface area contributed by atoms with Crippen molar-refractivity contribution in [3.63, 3.8) is 0 Å². The molecule has 1 atom stereocenters. The number of nitrogens with zero attached hydrogens (tertiary/aromatic N) is 2. The summed E-state index contributed by atoms with van der Waals surface area (Å²) in [5.74, 6) is 0. The minimum absolute atomic E-state index is 0.253. The Hall–Kier alpha value is -0.590. The molecule has 0 aliphatic carbocycles. The van der Waals surface area contributed by atoms with E-state index in [-0.39, 0.29) is 5.54 Å². The summed E-state index contributed by atoms with van der Waals surface area (Å²) in [6.45, 7) is 8.58. The van der Waals surface area contributed by atoms with E-state index in [1.807, 2.05) is 0 Å². The van der Waals surface area contributed by atoms with E-state index in [2.05, 4.69) is 30.1 Å². The smallest absolute Gasteiger partial charge is 0.108 e. The average Bonchev–Trinajstić information content (AvgIpc) is 2.44. The highest BCUT2D eigenvalue weighted by molar-refractivity contribution is 5.08. The first-order valence-corrected chi connectivity index (χ1v) is 6.15. The van der Waals surface area contributed by atoms with Crippen molar-refractivity contribution in [2.24, 2.45) is 0 Å². The fourth-order valence-electron chi connectivity index (χ4n) is 2.40. The van der Waals surface area contributed by atoms with Crippen LogP contribution in [0.15, 0.2) is 0 Å². The monoisotopic (exact) mass is 209 g/mol. The number of likely N-dealkylation sites (tertiary alicyclic amines) is 1. The highest BCUT2D eigenvalue weighted by atomic mass is 15.1. The number of hydrogen-bond donors (Lipinski definition) is 1. The summed E-state index contributed by atoms with van der Waals surface area (Å²) >= 11 is 0. The van der Waals surface area contributed by atoms with E-state index in [9.17, 15) is 5.26 Å². The molecule has 0 spiro atoms. The molecule has 15 heavy (non-hydrogen) atoms. The Morgan fingerprint density at radius 2 is 2.13 bits per heavy atom. The van der Waals surface area contributed by atoms with Crippen molar-refractivity contribution in [3.05, 3.63) is 0 Å². The van der Waals surface area contributed by atoms with Crippen LogP contribution in [0.5, 0.6) is 0 Å². The Morgan fingerprint density at radius 3 is 2.73 bits per heavy atom. The molecular weight excluding hydrogens is 186 g/mol. The molecule has 3 heteroatoms. The van der Waals surface area contributed by atoms with Gasteiger partial charge in [0.2, 0.25) is 0 Å². The van der Waals surface area contributed by atoms with Crippen LogP contribution < -0.4 is 5.32 Å². The van der Waals surface area contributed by atoms with Crippen LogP contribution >= 0.6 is 0 Å². The van der Waals surface area contributed by atoms with E-state index in [1.165, 1.54) is 13.0 Å². The molecule has 0 amide bonds. The maximum atomic E-state index is 9.28. The molecule has 0 aromatic heterocycles. The Labute approximate surface area is 93.5 Å². The summed E-state index contributed by atoms with van der Waals surface area (Å²) in [5.41, 5.74) is -0.253. The quantitative estimate of drug-likeness (QED) is 0.766. The van der Waals surface area contributed by atoms with Gasteiger partial charge in [0.15, 0.2) is 0 Å². The van der Waals surface area contributed by atoms with Gasteiger partial charge < -0.3 is 4.90 Å². The molecule has 1 heterocycles. The largest absolute Gasteiger partial charge is 0.303 e. The van der Waals surface area contributed by atoms with Crippen LogP contribution in [0, 0.1) is 11.3 Å². The van der Waals surface area contributed by atoms with Gasteiger partial charge in [-0.05, 0) is 45.3 Å². The predicted molar refractivity (Wildman–Crippen MR) is 62.6 cm³/mol. The van der Waals surface area contributed by atoms with Crippen LogP contribution in [0.4, 0.5) is 0 Å². The molecule has 0 aromatic rings. The second kappa shape index (κ2) is 6.09. The maximum absolute atomic E-state index is 9.28. The molecule has 0 aromatic carbocycles. The summed E-state index contributed by atoms with van der Waals surface area (Å²) in [6, 6.07) is 2.48. The first-order valence-electron chi connectivity index (χ1n) is 6.15. The third-order valence-electron chi connectivity index (χ3n) is 3.20. The third-order valence-corrected chi connectivity index (χ3v) is 3.20. The molecule has 0 bridgehead atoms. The zero-order valence-electron chi connectivity index (χ0n) is 10.1. The normalized spacial score (nSPS) is 28.3. The summed E-state index contributed by atoms with van der Waals surface area (Å²) < 4.78 is 0. The minimum atomic E-state index is -0.253. The lowest BCUT2D eigenvalue weighted by atomic mass is 9.92. The van der Waals surface area contributed by atoms with Gasteiger partial charge in [-0.2, -0.15) is 5.26 Å². The fourth-order valence-corrected chi connectivity index (χ4v) is 2.40.